The van der Waals surface area contributed by atoms with E-state index in [0.717, 1.165) is 35.8 Å². The smallest absolute Gasteiger partial charge is 0.120 e. The predicted octanol–water partition coefficient (Wildman–Crippen LogP) is 6.92. The van der Waals surface area contributed by atoms with Crippen molar-refractivity contribution in [3.05, 3.63) is 53.1 Å². The summed E-state index contributed by atoms with van der Waals surface area (Å²) < 4.78 is 10.9. The van der Waals surface area contributed by atoms with Crippen LogP contribution >= 0.6 is 11.6 Å². The number of anilines is 1. The van der Waals surface area contributed by atoms with E-state index in [-0.39, 0.29) is 0 Å². The van der Waals surface area contributed by atoms with E-state index in [9.17, 15) is 0 Å². The van der Waals surface area contributed by atoms with Crippen LogP contribution in [0.15, 0.2) is 47.6 Å². The summed E-state index contributed by atoms with van der Waals surface area (Å²) >= 11 is 6.35. The lowest BCUT2D eigenvalue weighted by Gasteiger charge is -2.08. The van der Waals surface area contributed by atoms with Crippen molar-refractivity contribution in [1.82, 2.24) is 0 Å². The van der Waals surface area contributed by atoms with Crippen LogP contribution in [-0.4, -0.2) is 19.9 Å². The second kappa shape index (κ2) is 13.1. The van der Waals surface area contributed by atoms with Gasteiger partial charge in [-0.1, -0.05) is 57.0 Å². The van der Waals surface area contributed by atoms with Crippen LogP contribution in [0.25, 0.3) is 0 Å². The molecule has 0 amide bonds. The van der Waals surface area contributed by atoms with E-state index < -0.39 is 0 Å². The summed E-state index contributed by atoms with van der Waals surface area (Å²) in [5.41, 5.74) is 4.69. The third kappa shape index (κ3) is 8.22. The molecule has 0 aromatic heterocycles. The maximum Gasteiger partial charge on any atom is 0.120 e. The Morgan fingerprint density at radius 2 is 1.61 bits per heavy atom. The molecule has 2 aromatic carbocycles. The van der Waals surface area contributed by atoms with Crippen LogP contribution in [0.5, 0.6) is 11.5 Å². The van der Waals surface area contributed by atoms with Gasteiger partial charge >= 0.3 is 0 Å². The van der Waals surface area contributed by atoms with Crippen molar-refractivity contribution < 1.29 is 9.47 Å². The Hall–Kier alpha value is -2.20. The number of benzene rings is 2. The lowest BCUT2D eigenvalue weighted by atomic mass is 10.1. The average Bonchev–Trinajstić information content (AvgIpc) is 2.72. The third-order valence-electron chi connectivity index (χ3n) is 4.48. The summed E-state index contributed by atoms with van der Waals surface area (Å²) in [7, 11) is 1.64. The van der Waals surface area contributed by atoms with Gasteiger partial charge < -0.3 is 9.47 Å². The van der Waals surface area contributed by atoms with Crippen molar-refractivity contribution in [2.75, 3.05) is 19.1 Å². The van der Waals surface area contributed by atoms with Crippen molar-refractivity contribution in [3.8, 4) is 11.5 Å². The van der Waals surface area contributed by atoms with Crippen molar-refractivity contribution in [2.45, 2.75) is 51.9 Å². The Labute approximate surface area is 173 Å². The van der Waals surface area contributed by atoms with E-state index in [4.69, 9.17) is 21.1 Å². The molecule has 0 saturated heterocycles. The minimum atomic E-state index is 0.623. The van der Waals surface area contributed by atoms with Gasteiger partial charge in [0.2, 0.25) is 0 Å². The lowest BCUT2D eigenvalue weighted by molar-refractivity contribution is 0.304. The second-order valence-electron chi connectivity index (χ2n) is 6.75. The SMILES string of the molecule is CCCCCCCCCOc1ccc(/C=N/Nc2ccc(OC)cc2)c(Cl)c1. The maximum absolute atomic E-state index is 6.35. The van der Waals surface area contributed by atoms with Gasteiger partial charge in [0.1, 0.15) is 11.5 Å². The molecule has 0 unspecified atom stereocenters. The molecular formula is C23H31ClN2O2. The monoisotopic (exact) mass is 402 g/mol. The molecule has 0 aliphatic carbocycles. The first-order chi connectivity index (χ1) is 13.7. The number of halogens is 1. The predicted molar refractivity (Wildman–Crippen MR) is 119 cm³/mol. The summed E-state index contributed by atoms with van der Waals surface area (Å²) in [6, 6.07) is 13.3. The van der Waals surface area contributed by atoms with Gasteiger partial charge in [0.25, 0.3) is 0 Å². The molecule has 0 aliphatic rings. The summed E-state index contributed by atoms with van der Waals surface area (Å²) in [5, 5.41) is 4.86. The molecule has 0 fully saturated rings. The zero-order valence-electron chi connectivity index (χ0n) is 16.9. The van der Waals surface area contributed by atoms with Crippen LogP contribution in [0.3, 0.4) is 0 Å². The van der Waals surface area contributed by atoms with E-state index in [1.807, 2.05) is 42.5 Å². The van der Waals surface area contributed by atoms with Gasteiger partial charge in [0, 0.05) is 5.56 Å². The molecule has 5 heteroatoms. The fourth-order valence-electron chi connectivity index (χ4n) is 2.79. The zero-order valence-corrected chi connectivity index (χ0v) is 17.7. The number of unbranched alkanes of at least 4 members (excludes halogenated alkanes) is 6. The highest BCUT2D eigenvalue weighted by molar-refractivity contribution is 6.33. The van der Waals surface area contributed by atoms with E-state index in [2.05, 4.69) is 17.5 Å². The highest BCUT2D eigenvalue weighted by atomic mass is 35.5. The molecule has 4 nitrogen and oxygen atoms in total. The van der Waals surface area contributed by atoms with Crippen molar-refractivity contribution in [1.29, 1.82) is 0 Å². The first kappa shape index (κ1) is 22.1. The molecule has 0 radical (unpaired) electrons. The van der Waals surface area contributed by atoms with E-state index in [1.54, 1.807) is 13.3 Å². The van der Waals surface area contributed by atoms with E-state index in [0.29, 0.717) is 5.02 Å². The number of nitrogens with zero attached hydrogens (tertiary/aromatic N) is 1. The number of hydrogen-bond donors (Lipinski definition) is 1. The third-order valence-corrected chi connectivity index (χ3v) is 4.80. The van der Waals surface area contributed by atoms with Crippen LogP contribution in [0.4, 0.5) is 5.69 Å². The molecule has 0 atom stereocenters. The zero-order chi connectivity index (χ0) is 20.0. The fraction of sp³-hybridized carbons (Fsp3) is 0.435. The Balaban J connectivity index is 1.72. The lowest BCUT2D eigenvalue weighted by Crippen LogP contribution is -1.98. The van der Waals surface area contributed by atoms with Crippen molar-refractivity contribution in [2.24, 2.45) is 5.10 Å². The Morgan fingerprint density at radius 1 is 0.929 bits per heavy atom. The van der Waals surface area contributed by atoms with Gasteiger partial charge in [-0.2, -0.15) is 5.10 Å². The van der Waals surface area contributed by atoms with Gasteiger partial charge in [-0.05, 0) is 48.9 Å². The molecule has 152 valence electrons. The normalized spacial score (nSPS) is 11.0. The largest absolute Gasteiger partial charge is 0.497 e. The first-order valence-electron chi connectivity index (χ1n) is 10.1. The molecule has 0 heterocycles. The van der Waals surface area contributed by atoms with Gasteiger partial charge in [-0.15, -0.1) is 0 Å². The second-order valence-corrected chi connectivity index (χ2v) is 7.16. The number of hydrogen-bond acceptors (Lipinski definition) is 4. The number of hydrazone groups is 1. The molecule has 0 saturated carbocycles. The molecule has 0 spiro atoms. The fourth-order valence-corrected chi connectivity index (χ4v) is 3.01. The number of rotatable bonds is 13. The maximum atomic E-state index is 6.35. The number of ether oxygens (including phenoxy) is 2. The quantitative estimate of drug-likeness (QED) is 0.224. The Kier molecular flexibility index (Phi) is 10.3. The summed E-state index contributed by atoms with van der Waals surface area (Å²) in [4.78, 5) is 0. The minimum absolute atomic E-state index is 0.623. The van der Waals surface area contributed by atoms with Gasteiger partial charge in [0.05, 0.1) is 30.6 Å². The topological polar surface area (TPSA) is 42.8 Å². The molecule has 1 N–H and O–H groups in total. The first-order valence-corrected chi connectivity index (χ1v) is 10.5. The van der Waals surface area contributed by atoms with Crippen LogP contribution in [0, 0.1) is 0 Å². The van der Waals surface area contributed by atoms with Crippen LogP contribution in [-0.2, 0) is 0 Å². The Bertz CT molecular complexity index is 717. The number of nitrogens with one attached hydrogen (secondary N) is 1. The van der Waals surface area contributed by atoms with Gasteiger partial charge in [-0.25, -0.2) is 0 Å². The molecule has 2 aromatic rings. The molecule has 0 bridgehead atoms. The summed E-state index contributed by atoms with van der Waals surface area (Å²) in [5.74, 6) is 1.61. The minimum Gasteiger partial charge on any atom is -0.497 e. The van der Waals surface area contributed by atoms with Crippen molar-refractivity contribution >= 4 is 23.5 Å². The number of methoxy groups -OCH3 is 1. The highest BCUT2D eigenvalue weighted by Gasteiger charge is 2.01. The van der Waals surface area contributed by atoms with E-state index >= 15 is 0 Å². The standard InChI is InChI=1S/C23H31ClN2O2/c1-3-4-5-6-7-8-9-16-28-22-13-10-19(23(24)17-22)18-25-26-20-11-14-21(27-2)15-12-20/h10-15,17-18,26H,3-9,16H2,1-2H3/b25-18+. The highest BCUT2D eigenvalue weighted by Crippen LogP contribution is 2.22. The van der Waals surface area contributed by atoms with Crippen LogP contribution in [0.1, 0.15) is 57.4 Å². The van der Waals surface area contributed by atoms with E-state index in [1.165, 1.54) is 38.5 Å². The average molecular weight is 403 g/mol. The van der Waals surface area contributed by atoms with Crippen molar-refractivity contribution in [3.63, 3.8) is 0 Å². The summed E-state index contributed by atoms with van der Waals surface area (Å²) in [6.45, 7) is 2.98. The van der Waals surface area contributed by atoms with Gasteiger partial charge in [0.15, 0.2) is 0 Å². The van der Waals surface area contributed by atoms with Gasteiger partial charge in [-0.3, -0.25) is 5.43 Å². The van der Waals surface area contributed by atoms with Crippen LogP contribution in [0.2, 0.25) is 5.02 Å². The molecule has 2 rings (SSSR count). The molecule has 28 heavy (non-hydrogen) atoms. The molecule has 0 aliphatic heterocycles. The molecular weight excluding hydrogens is 372 g/mol. The summed E-state index contributed by atoms with van der Waals surface area (Å²) in [6.07, 6.45) is 10.6. The Morgan fingerprint density at radius 3 is 2.29 bits per heavy atom. The van der Waals surface area contributed by atoms with Crippen LogP contribution < -0.4 is 14.9 Å².